The molecule has 2 aromatic heterocycles. The van der Waals surface area contributed by atoms with Gasteiger partial charge in [-0.05, 0) is 85.5 Å². The Kier molecular flexibility index (Phi) is 9.08. The third-order valence-electron chi connectivity index (χ3n) is 9.04. The molecule has 0 N–H and O–H groups in total. The van der Waals surface area contributed by atoms with E-state index in [0.717, 1.165) is 0 Å². The van der Waals surface area contributed by atoms with E-state index in [9.17, 15) is 0 Å². The molecular formula is C44H44N2. The average Bonchev–Trinajstić information content (AvgIpc) is 3.55. The van der Waals surface area contributed by atoms with Crippen LogP contribution in [0.1, 0.15) is 43.4 Å². The number of benzene rings is 6. The molecule has 0 bridgehead atoms. The maximum absolute atomic E-state index is 2.40. The van der Waals surface area contributed by atoms with Crippen molar-refractivity contribution < 1.29 is 0 Å². The van der Waals surface area contributed by atoms with E-state index >= 15 is 0 Å². The van der Waals surface area contributed by atoms with Crippen LogP contribution < -0.4 is 0 Å². The predicted octanol–water partition coefficient (Wildman–Crippen LogP) is 12.5. The van der Waals surface area contributed by atoms with Crippen LogP contribution in [0, 0.1) is 20.8 Å². The molecule has 2 nitrogen and oxygen atoms in total. The summed E-state index contributed by atoms with van der Waals surface area (Å²) in [5.74, 6) is 0. The molecule has 0 amide bonds. The fourth-order valence-electron chi connectivity index (χ4n) is 6.37. The van der Waals surface area contributed by atoms with Gasteiger partial charge in [-0.2, -0.15) is 0 Å². The summed E-state index contributed by atoms with van der Waals surface area (Å²) in [7, 11) is 2.20. The fraction of sp³-hybridized carbons (Fsp3) is 0.182. The van der Waals surface area contributed by atoms with Gasteiger partial charge in [0.2, 0.25) is 0 Å². The molecule has 0 saturated carbocycles. The first-order valence-corrected chi connectivity index (χ1v) is 16.5. The topological polar surface area (TPSA) is 9.86 Å². The van der Waals surface area contributed by atoms with Crippen molar-refractivity contribution in [2.24, 2.45) is 7.05 Å². The third-order valence-corrected chi connectivity index (χ3v) is 9.04. The summed E-state index contributed by atoms with van der Waals surface area (Å²) in [6.45, 7) is 10.9. The minimum absolute atomic E-state index is 1.19. The minimum Gasteiger partial charge on any atom is -0.344 e. The van der Waals surface area contributed by atoms with Crippen molar-refractivity contribution in [2.45, 2.75) is 47.5 Å². The van der Waals surface area contributed by atoms with Crippen molar-refractivity contribution in [3.05, 3.63) is 150 Å². The lowest BCUT2D eigenvalue weighted by molar-refractivity contribution is 0.886. The number of unbranched alkanes of at least 4 members (excludes halogenated alkanes) is 1. The Morgan fingerprint density at radius 2 is 0.978 bits per heavy atom. The van der Waals surface area contributed by atoms with E-state index < -0.39 is 0 Å². The van der Waals surface area contributed by atoms with Crippen LogP contribution in [0.15, 0.2) is 133 Å². The molecule has 0 aliphatic carbocycles. The summed E-state index contributed by atoms with van der Waals surface area (Å²) >= 11 is 0. The van der Waals surface area contributed by atoms with Gasteiger partial charge in [0.05, 0.1) is 11.0 Å². The number of fused-ring (bicyclic) bond motifs is 6. The Labute approximate surface area is 273 Å². The minimum atomic E-state index is 1.19. The number of aromatic nitrogens is 2. The molecule has 0 fully saturated rings. The number of hydrogen-bond acceptors (Lipinski definition) is 0. The normalized spacial score (nSPS) is 11.0. The van der Waals surface area contributed by atoms with Gasteiger partial charge in [-0.3, -0.25) is 0 Å². The van der Waals surface area contributed by atoms with Crippen LogP contribution >= 0.6 is 0 Å². The first-order valence-electron chi connectivity index (χ1n) is 16.5. The maximum atomic E-state index is 2.40. The first-order chi connectivity index (χ1) is 22.4. The summed E-state index contributed by atoms with van der Waals surface area (Å²) in [5, 5.41) is 5.19. The second-order valence-electron chi connectivity index (χ2n) is 12.3. The lowest BCUT2D eigenvalue weighted by Gasteiger charge is -2.10. The first kappa shape index (κ1) is 30.9. The Hall–Kier alpha value is -5.08. The maximum Gasteiger partial charge on any atom is 0.0548 e. The molecule has 8 aromatic rings. The zero-order chi connectivity index (χ0) is 32.2. The van der Waals surface area contributed by atoms with Crippen LogP contribution in [0.3, 0.4) is 0 Å². The highest BCUT2D eigenvalue weighted by atomic mass is 15.0. The van der Waals surface area contributed by atoms with Crippen LogP contribution in [-0.2, 0) is 7.05 Å². The summed E-state index contributed by atoms with van der Waals surface area (Å²) in [4.78, 5) is 0. The standard InChI is InChI=1S/C33H26N2.C7H8.C4H10/c1-21-11-7-8-14-24(21)26-18-31-27(17-22(26)2)29-20-33-28(19-32(29)34(31)3)25-15-9-10-16-30(25)35(33)23-12-5-4-6-13-23;1-7-5-3-2-4-6-7;1-3-4-2/h4-20H,1-3H3;2-6H,1H3;3-4H2,1-2H3. The summed E-state index contributed by atoms with van der Waals surface area (Å²) in [6, 6.07) is 47.9. The molecular weight excluding hydrogens is 556 g/mol. The second-order valence-corrected chi connectivity index (χ2v) is 12.3. The molecule has 0 spiro atoms. The van der Waals surface area contributed by atoms with Crippen molar-refractivity contribution in [1.29, 1.82) is 0 Å². The SMILES string of the molecule is CCCC.Cc1ccccc1.Cc1ccccc1-c1cc2c(cc1C)c1cc3c(cc1n2C)c1ccccc1n3-c1ccccc1. The highest BCUT2D eigenvalue weighted by molar-refractivity contribution is 6.18. The molecule has 2 heterocycles. The lowest BCUT2D eigenvalue weighted by atomic mass is 9.95. The Bertz CT molecular complexity index is 2250. The number of nitrogens with zero attached hydrogens (tertiary/aromatic N) is 2. The molecule has 0 saturated heterocycles. The molecule has 230 valence electrons. The molecule has 0 radical (unpaired) electrons. The predicted molar refractivity (Wildman–Crippen MR) is 201 cm³/mol. The van der Waals surface area contributed by atoms with Crippen LogP contribution in [0.25, 0.3) is 60.4 Å². The zero-order valence-electron chi connectivity index (χ0n) is 28.0. The smallest absolute Gasteiger partial charge is 0.0548 e. The molecule has 6 aromatic carbocycles. The van der Waals surface area contributed by atoms with E-state index in [4.69, 9.17) is 0 Å². The zero-order valence-corrected chi connectivity index (χ0v) is 28.0. The van der Waals surface area contributed by atoms with Crippen LogP contribution in [-0.4, -0.2) is 9.13 Å². The summed E-state index contributed by atoms with van der Waals surface area (Å²) < 4.78 is 4.76. The van der Waals surface area contributed by atoms with Gasteiger partial charge in [-0.1, -0.05) is 123 Å². The van der Waals surface area contributed by atoms with Gasteiger partial charge in [-0.15, -0.1) is 0 Å². The van der Waals surface area contributed by atoms with Crippen molar-refractivity contribution >= 4 is 43.6 Å². The van der Waals surface area contributed by atoms with Gasteiger partial charge in [-0.25, -0.2) is 0 Å². The molecule has 8 rings (SSSR count). The van der Waals surface area contributed by atoms with E-state index in [2.05, 4.69) is 166 Å². The number of rotatable bonds is 3. The summed E-state index contributed by atoms with van der Waals surface area (Å²) in [6.07, 6.45) is 2.64. The van der Waals surface area contributed by atoms with Crippen molar-refractivity contribution in [1.82, 2.24) is 9.13 Å². The molecule has 0 unspecified atom stereocenters. The highest BCUT2D eigenvalue weighted by Crippen LogP contribution is 2.40. The Morgan fingerprint density at radius 3 is 1.63 bits per heavy atom. The fourth-order valence-corrected chi connectivity index (χ4v) is 6.37. The molecule has 0 aliphatic heterocycles. The van der Waals surface area contributed by atoms with Gasteiger partial charge in [0.1, 0.15) is 0 Å². The second kappa shape index (κ2) is 13.5. The molecule has 2 heteroatoms. The molecule has 0 atom stereocenters. The van der Waals surface area contributed by atoms with Gasteiger partial charge in [0.15, 0.2) is 0 Å². The van der Waals surface area contributed by atoms with E-state index in [0.29, 0.717) is 0 Å². The monoisotopic (exact) mass is 600 g/mol. The van der Waals surface area contributed by atoms with Crippen LogP contribution in [0.5, 0.6) is 0 Å². The number of para-hydroxylation sites is 2. The van der Waals surface area contributed by atoms with Crippen LogP contribution in [0.4, 0.5) is 0 Å². The molecule has 46 heavy (non-hydrogen) atoms. The van der Waals surface area contributed by atoms with Crippen LogP contribution in [0.2, 0.25) is 0 Å². The van der Waals surface area contributed by atoms with E-state index in [1.165, 1.54) is 90.0 Å². The van der Waals surface area contributed by atoms with Crippen molar-refractivity contribution in [3.63, 3.8) is 0 Å². The Balaban J connectivity index is 0.000000290. The summed E-state index contributed by atoms with van der Waals surface area (Å²) in [5.41, 5.74) is 12.8. The van der Waals surface area contributed by atoms with Gasteiger partial charge in [0, 0.05) is 45.3 Å². The average molecular weight is 601 g/mol. The number of aryl methyl sites for hydroxylation is 4. The highest BCUT2D eigenvalue weighted by Gasteiger charge is 2.18. The van der Waals surface area contributed by atoms with E-state index in [-0.39, 0.29) is 0 Å². The molecule has 0 aliphatic rings. The van der Waals surface area contributed by atoms with Gasteiger partial charge in [0.25, 0.3) is 0 Å². The lowest BCUT2D eigenvalue weighted by Crippen LogP contribution is -1.93. The Morgan fingerprint density at radius 1 is 0.435 bits per heavy atom. The quantitative estimate of drug-likeness (QED) is 0.191. The van der Waals surface area contributed by atoms with Gasteiger partial charge >= 0.3 is 0 Å². The number of hydrogen-bond donors (Lipinski definition) is 0. The van der Waals surface area contributed by atoms with Crippen molar-refractivity contribution in [2.75, 3.05) is 0 Å². The van der Waals surface area contributed by atoms with Crippen molar-refractivity contribution in [3.8, 4) is 16.8 Å². The van der Waals surface area contributed by atoms with Gasteiger partial charge < -0.3 is 9.13 Å². The third kappa shape index (κ3) is 5.84. The van der Waals surface area contributed by atoms with E-state index in [1.807, 2.05) is 18.2 Å². The van der Waals surface area contributed by atoms with E-state index in [1.54, 1.807) is 0 Å². The largest absolute Gasteiger partial charge is 0.344 e.